The maximum atomic E-state index is 12.6. The van der Waals surface area contributed by atoms with Gasteiger partial charge in [-0.2, -0.15) is 0 Å². The molecule has 0 saturated heterocycles. The molecule has 21 heavy (non-hydrogen) atoms. The monoisotopic (exact) mass is 348 g/mol. The van der Waals surface area contributed by atoms with Crippen LogP contribution in [0.15, 0.2) is 53.3 Å². The molecule has 5 nitrogen and oxygen atoms in total. The van der Waals surface area contributed by atoms with Gasteiger partial charge >= 0.3 is 5.97 Å². The minimum Gasteiger partial charge on any atom is -0.481 e. The van der Waals surface area contributed by atoms with E-state index in [0.717, 1.165) is 0 Å². The van der Waals surface area contributed by atoms with Crippen LogP contribution in [0.4, 0.5) is 5.69 Å². The number of carboxylic acid groups (broad SMARTS) is 1. The second-order valence-electron chi connectivity index (χ2n) is 4.28. The Morgan fingerprint density at radius 1 is 1.14 bits per heavy atom. The van der Waals surface area contributed by atoms with E-state index in [1.54, 1.807) is 42.6 Å². The Kier molecular flexibility index (Phi) is 5.05. The molecule has 1 heterocycles. The number of para-hydroxylation sites is 1. The first-order valence-corrected chi connectivity index (χ1v) is 7.08. The summed E-state index contributed by atoms with van der Waals surface area (Å²) in [4.78, 5) is 28.9. The maximum Gasteiger partial charge on any atom is 0.305 e. The van der Waals surface area contributed by atoms with E-state index in [1.165, 1.54) is 4.90 Å². The van der Waals surface area contributed by atoms with E-state index in [4.69, 9.17) is 5.11 Å². The highest BCUT2D eigenvalue weighted by atomic mass is 79.9. The summed E-state index contributed by atoms with van der Waals surface area (Å²) in [5.74, 6) is -1.24. The summed E-state index contributed by atoms with van der Waals surface area (Å²) in [6.45, 7) is 0.0967. The van der Waals surface area contributed by atoms with E-state index in [1.807, 2.05) is 6.07 Å². The van der Waals surface area contributed by atoms with Crippen molar-refractivity contribution in [3.05, 3.63) is 58.8 Å². The molecule has 0 aliphatic heterocycles. The van der Waals surface area contributed by atoms with Gasteiger partial charge in [0.2, 0.25) is 0 Å². The average molecular weight is 349 g/mol. The molecule has 1 aromatic carbocycles. The van der Waals surface area contributed by atoms with Crippen molar-refractivity contribution < 1.29 is 14.7 Å². The molecule has 2 rings (SSSR count). The van der Waals surface area contributed by atoms with Gasteiger partial charge in [-0.15, -0.1) is 0 Å². The number of anilines is 1. The fraction of sp³-hybridized carbons (Fsp3) is 0.133. The number of halogens is 1. The number of carboxylic acids is 1. The maximum absolute atomic E-state index is 12.6. The first-order chi connectivity index (χ1) is 10.1. The Morgan fingerprint density at radius 2 is 1.86 bits per heavy atom. The minimum absolute atomic E-state index is 0.0967. The van der Waals surface area contributed by atoms with Crippen molar-refractivity contribution in [1.82, 2.24) is 4.98 Å². The van der Waals surface area contributed by atoms with Crippen molar-refractivity contribution in [2.45, 2.75) is 6.42 Å². The van der Waals surface area contributed by atoms with Crippen LogP contribution < -0.4 is 4.90 Å². The van der Waals surface area contributed by atoms with Crippen molar-refractivity contribution >= 4 is 33.5 Å². The first kappa shape index (κ1) is 15.2. The van der Waals surface area contributed by atoms with Crippen LogP contribution in [0, 0.1) is 0 Å². The van der Waals surface area contributed by atoms with E-state index in [9.17, 15) is 9.59 Å². The molecule has 0 saturated carbocycles. The lowest BCUT2D eigenvalue weighted by atomic mass is 10.2. The summed E-state index contributed by atoms with van der Waals surface area (Å²) in [6.07, 6.45) is 1.45. The molecule has 0 radical (unpaired) electrons. The Balaban J connectivity index is 2.33. The summed E-state index contributed by atoms with van der Waals surface area (Å²) >= 11 is 3.24. The normalized spacial score (nSPS) is 10.1. The number of amides is 1. The molecule has 0 aliphatic carbocycles. The lowest BCUT2D eigenvalue weighted by molar-refractivity contribution is -0.136. The van der Waals surface area contributed by atoms with Crippen LogP contribution >= 0.6 is 15.9 Å². The smallest absolute Gasteiger partial charge is 0.305 e. The molecule has 0 spiro atoms. The summed E-state index contributed by atoms with van der Waals surface area (Å²) in [7, 11) is 0. The Morgan fingerprint density at radius 3 is 2.48 bits per heavy atom. The lowest BCUT2D eigenvalue weighted by Gasteiger charge is -2.22. The fourth-order valence-electron chi connectivity index (χ4n) is 1.85. The minimum atomic E-state index is -0.950. The van der Waals surface area contributed by atoms with E-state index in [0.29, 0.717) is 15.9 Å². The van der Waals surface area contributed by atoms with Crippen LogP contribution in [0.25, 0.3) is 0 Å². The number of aromatic nitrogens is 1. The largest absolute Gasteiger partial charge is 0.481 e. The zero-order valence-corrected chi connectivity index (χ0v) is 12.7. The van der Waals surface area contributed by atoms with Crippen molar-refractivity contribution in [3.63, 3.8) is 0 Å². The van der Waals surface area contributed by atoms with Gasteiger partial charge < -0.3 is 10.0 Å². The van der Waals surface area contributed by atoms with Crippen molar-refractivity contribution in [1.29, 1.82) is 0 Å². The van der Waals surface area contributed by atoms with Crippen LogP contribution in [0.5, 0.6) is 0 Å². The van der Waals surface area contributed by atoms with Gasteiger partial charge in [0, 0.05) is 18.4 Å². The van der Waals surface area contributed by atoms with Crippen molar-refractivity contribution in [2.75, 3.05) is 11.4 Å². The summed E-state index contributed by atoms with van der Waals surface area (Å²) < 4.78 is 0.436. The number of benzene rings is 1. The molecule has 1 amide bonds. The number of carbonyl (C=O) groups excluding carboxylic acids is 1. The topological polar surface area (TPSA) is 70.5 Å². The van der Waals surface area contributed by atoms with Crippen molar-refractivity contribution in [3.8, 4) is 0 Å². The van der Waals surface area contributed by atoms with Gasteiger partial charge in [-0.3, -0.25) is 9.59 Å². The Labute approximate surface area is 130 Å². The molecule has 0 atom stereocenters. The summed E-state index contributed by atoms with van der Waals surface area (Å²) in [6, 6.07) is 12.3. The third kappa shape index (κ3) is 3.88. The van der Waals surface area contributed by atoms with Gasteiger partial charge in [0.15, 0.2) is 0 Å². The van der Waals surface area contributed by atoms with E-state index in [-0.39, 0.29) is 18.9 Å². The van der Waals surface area contributed by atoms with Crippen LogP contribution in [0.2, 0.25) is 0 Å². The first-order valence-electron chi connectivity index (χ1n) is 6.29. The molecule has 0 bridgehead atoms. The molecular weight excluding hydrogens is 336 g/mol. The van der Waals surface area contributed by atoms with Crippen molar-refractivity contribution in [2.24, 2.45) is 0 Å². The highest BCUT2D eigenvalue weighted by Crippen LogP contribution is 2.20. The zero-order valence-electron chi connectivity index (χ0n) is 11.1. The van der Waals surface area contributed by atoms with Crippen LogP contribution in [0.1, 0.15) is 16.8 Å². The predicted octanol–water partition coefficient (Wildman–Crippen LogP) is 2.97. The second-order valence-corrected chi connectivity index (χ2v) is 5.03. The number of aliphatic carboxylic acids is 1. The molecule has 0 fully saturated rings. The third-order valence-electron chi connectivity index (χ3n) is 2.85. The van der Waals surface area contributed by atoms with Crippen LogP contribution in [0.3, 0.4) is 0 Å². The molecule has 0 unspecified atom stereocenters. The summed E-state index contributed by atoms with van der Waals surface area (Å²) in [5.41, 5.74) is 1.05. The Bertz CT molecular complexity index is 646. The number of hydrogen-bond donors (Lipinski definition) is 1. The number of hydrogen-bond acceptors (Lipinski definition) is 3. The van der Waals surface area contributed by atoms with Crippen LogP contribution in [-0.2, 0) is 4.79 Å². The molecule has 2 aromatic rings. The van der Waals surface area contributed by atoms with Gasteiger partial charge in [-0.1, -0.05) is 18.2 Å². The lowest BCUT2D eigenvalue weighted by Crippen LogP contribution is -2.33. The number of pyridine rings is 1. The van der Waals surface area contributed by atoms with Gasteiger partial charge in [-0.05, 0) is 40.2 Å². The highest BCUT2D eigenvalue weighted by molar-refractivity contribution is 9.10. The van der Waals surface area contributed by atoms with Gasteiger partial charge in [0.25, 0.3) is 5.91 Å². The van der Waals surface area contributed by atoms with E-state index in [2.05, 4.69) is 20.9 Å². The SMILES string of the molecule is O=C(O)CCN(C(=O)c1cccnc1Br)c1ccccc1. The van der Waals surface area contributed by atoms with Crippen LogP contribution in [-0.4, -0.2) is 28.5 Å². The standard InChI is InChI=1S/C15H13BrN2O3/c16-14-12(7-4-9-17-14)15(21)18(10-8-13(19)20)11-5-2-1-3-6-11/h1-7,9H,8,10H2,(H,19,20). The molecule has 1 N–H and O–H groups in total. The molecule has 108 valence electrons. The number of rotatable bonds is 5. The number of nitrogens with zero attached hydrogens (tertiary/aromatic N) is 2. The predicted molar refractivity (Wildman–Crippen MR) is 82.3 cm³/mol. The molecule has 0 aliphatic rings. The Hall–Kier alpha value is -2.21. The molecular formula is C15H13BrN2O3. The average Bonchev–Trinajstić information content (AvgIpc) is 2.48. The number of carbonyl (C=O) groups is 2. The van der Waals surface area contributed by atoms with Gasteiger partial charge in [-0.25, -0.2) is 4.98 Å². The van der Waals surface area contributed by atoms with Gasteiger partial charge in [0.1, 0.15) is 4.60 Å². The van der Waals surface area contributed by atoms with E-state index >= 15 is 0 Å². The third-order valence-corrected chi connectivity index (χ3v) is 3.48. The molecule has 6 heteroatoms. The zero-order chi connectivity index (χ0) is 15.2. The van der Waals surface area contributed by atoms with Gasteiger partial charge in [0.05, 0.1) is 12.0 Å². The highest BCUT2D eigenvalue weighted by Gasteiger charge is 2.20. The summed E-state index contributed by atoms with van der Waals surface area (Å²) in [5, 5.41) is 8.86. The molecule has 1 aromatic heterocycles. The fourth-order valence-corrected chi connectivity index (χ4v) is 2.27. The van der Waals surface area contributed by atoms with E-state index < -0.39 is 5.97 Å². The second kappa shape index (κ2) is 6.99. The quantitative estimate of drug-likeness (QED) is 0.843.